The lowest BCUT2D eigenvalue weighted by Gasteiger charge is -2.10. The topological polar surface area (TPSA) is 94.9 Å². The molecule has 138 valence electrons. The molecule has 0 bridgehead atoms. The lowest BCUT2D eigenvalue weighted by molar-refractivity contribution is 0.102. The van der Waals surface area contributed by atoms with Gasteiger partial charge >= 0.3 is 0 Å². The van der Waals surface area contributed by atoms with Crippen molar-refractivity contribution in [1.29, 1.82) is 5.26 Å². The molecule has 3 rings (SSSR count). The molecule has 0 fully saturated rings. The van der Waals surface area contributed by atoms with Crippen LogP contribution in [0.3, 0.4) is 0 Å². The van der Waals surface area contributed by atoms with Crippen LogP contribution in [0.15, 0.2) is 60.8 Å². The molecule has 6 nitrogen and oxygen atoms in total. The van der Waals surface area contributed by atoms with E-state index in [1.54, 1.807) is 42.5 Å². The van der Waals surface area contributed by atoms with E-state index in [4.69, 9.17) is 16.9 Å². The molecule has 1 heterocycles. The number of nitrogens with one attached hydrogen (secondary N) is 2. The lowest BCUT2D eigenvalue weighted by atomic mass is 10.1. The number of aromatic nitrogens is 1. The number of carbonyl (C=O) groups is 2. The molecule has 1 aromatic heterocycles. The molecule has 0 atom stereocenters. The fourth-order valence-corrected chi connectivity index (χ4v) is 2.61. The Morgan fingerprint density at radius 2 is 1.75 bits per heavy atom. The van der Waals surface area contributed by atoms with Gasteiger partial charge in [0.25, 0.3) is 11.8 Å². The number of halogens is 1. The zero-order valence-corrected chi connectivity index (χ0v) is 15.6. The summed E-state index contributed by atoms with van der Waals surface area (Å²) in [6.45, 7) is 1.86. The minimum Gasteiger partial charge on any atom is -0.322 e. The third-order valence-corrected chi connectivity index (χ3v) is 4.21. The van der Waals surface area contributed by atoms with Crippen molar-refractivity contribution in [1.82, 2.24) is 4.98 Å². The van der Waals surface area contributed by atoms with E-state index in [9.17, 15) is 9.59 Å². The molecule has 2 N–H and O–H groups in total. The van der Waals surface area contributed by atoms with Crippen molar-refractivity contribution < 1.29 is 9.59 Å². The Morgan fingerprint density at radius 3 is 2.46 bits per heavy atom. The van der Waals surface area contributed by atoms with Crippen molar-refractivity contribution >= 4 is 34.8 Å². The van der Waals surface area contributed by atoms with Gasteiger partial charge in [0, 0.05) is 28.2 Å². The summed E-state index contributed by atoms with van der Waals surface area (Å²) in [4.78, 5) is 29.0. The third kappa shape index (κ3) is 4.53. The first-order chi connectivity index (χ1) is 13.5. The highest BCUT2D eigenvalue weighted by Gasteiger charge is 2.13. The monoisotopic (exact) mass is 390 g/mol. The number of amides is 2. The van der Waals surface area contributed by atoms with Crippen LogP contribution in [0.1, 0.15) is 32.0 Å². The first-order valence-corrected chi connectivity index (χ1v) is 8.69. The Labute approximate surface area is 166 Å². The highest BCUT2D eigenvalue weighted by molar-refractivity contribution is 6.31. The Balaban J connectivity index is 1.75. The Hall–Kier alpha value is -3.69. The summed E-state index contributed by atoms with van der Waals surface area (Å²) in [6.07, 6.45) is 1.40. The first-order valence-electron chi connectivity index (χ1n) is 8.31. The smallest absolute Gasteiger partial charge is 0.274 e. The van der Waals surface area contributed by atoms with Crippen LogP contribution < -0.4 is 10.6 Å². The van der Waals surface area contributed by atoms with Crippen LogP contribution in [0.2, 0.25) is 5.02 Å². The molecule has 0 aliphatic carbocycles. The molecule has 2 aromatic carbocycles. The van der Waals surface area contributed by atoms with E-state index in [0.29, 0.717) is 27.5 Å². The molecule has 0 radical (unpaired) electrons. The van der Waals surface area contributed by atoms with E-state index >= 15 is 0 Å². The highest BCUT2D eigenvalue weighted by Crippen LogP contribution is 2.21. The Morgan fingerprint density at radius 1 is 1.00 bits per heavy atom. The Kier molecular flexibility index (Phi) is 5.68. The predicted molar refractivity (Wildman–Crippen MR) is 107 cm³/mol. The fraction of sp³-hybridized carbons (Fsp3) is 0.0476. The van der Waals surface area contributed by atoms with Crippen LogP contribution in [0, 0.1) is 18.3 Å². The molecule has 0 aliphatic heterocycles. The second-order valence-electron chi connectivity index (χ2n) is 5.99. The van der Waals surface area contributed by atoms with E-state index in [-0.39, 0.29) is 11.6 Å². The zero-order chi connectivity index (χ0) is 20.1. The van der Waals surface area contributed by atoms with Crippen LogP contribution in [-0.4, -0.2) is 16.8 Å². The number of benzene rings is 2. The molecule has 0 spiro atoms. The quantitative estimate of drug-likeness (QED) is 0.689. The van der Waals surface area contributed by atoms with E-state index in [1.807, 2.05) is 13.0 Å². The van der Waals surface area contributed by atoms with E-state index in [0.717, 1.165) is 5.56 Å². The van der Waals surface area contributed by atoms with Crippen LogP contribution >= 0.6 is 11.6 Å². The van der Waals surface area contributed by atoms with Gasteiger partial charge in [0.15, 0.2) is 0 Å². The largest absolute Gasteiger partial charge is 0.322 e. The number of hydrogen-bond donors (Lipinski definition) is 2. The number of hydrogen-bond acceptors (Lipinski definition) is 4. The van der Waals surface area contributed by atoms with E-state index < -0.39 is 5.91 Å². The van der Waals surface area contributed by atoms with Crippen LogP contribution in [-0.2, 0) is 0 Å². The molecular weight excluding hydrogens is 376 g/mol. The maximum atomic E-state index is 12.5. The van der Waals surface area contributed by atoms with Crippen molar-refractivity contribution in [2.24, 2.45) is 0 Å². The predicted octanol–water partition coefficient (Wildman–Crippen LogP) is 4.42. The van der Waals surface area contributed by atoms with Gasteiger partial charge in [-0.2, -0.15) is 5.26 Å². The molecular formula is C21H15ClN4O2. The fourth-order valence-electron chi connectivity index (χ4n) is 2.44. The molecule has 0 unspecified atom stereocenters. The van der Waals surface area contributed by atoms with E-state index in [1.165, 1.54) is 18.3 Å². The van der Waals surface area contributed by atoms with Gasteiger partial charge in [-0.05, 0) is 61.0 Å². The maximum Gasteiger partial charge on any atom is 0.274 e. The number of nitrogens with zero attached hydrogens (tertiary/aromatic N) is 2. The highest BCUT2D eigenvalue weighted by atomic mass is 35.5. The standard InChI is InChI=1S/C21H15ClN4O2/c1-13-2-5-16(22)11-18(13)26-20(27)15-8-9-24-19(10-15)21(28)25-17-6-3-14(12-23)4-7-17/h2-11H,1H3,(H,25,28)(H,26,27). The summed E-state index contributed by atoms with van der Waals surface area (Å²) in [6, 6.07) is 16.6. The molecule has 0 aliphatic rings. The Bertz CT molecular complexity index is 1090. The molecule has 28 heavy (non-hydrogen) atoms. The minimum absolute atomic E-state index is 0.0971. The molecule has 7 heteroatoms. The summed E-state index contributed by atoms with van der Waals surface area (Å²) in [7, 11) is 0. The average molecular weight is 391 g/mol. The molecule has 0 saturated carbocycles. The van der Waals surface area contributed by atoms with Crippen LogP contribution in [0.5, 0.6) is 0 Å². The van der Waals surface area contributed by atoms with E-state index in [2.05, 4.69) is 15.6 Å². The summed E-state index contributed by atoms with van der Waals surface area (Å²) in [5.41, 5.74) is 2.86. The minimum atomic E-state index is -0.460. The lowest BCUT2D eigenvalue weighted by Crippen LogP contribution is -2.17. The van der Waals surface area contributed by atoms with Gasteiger partial charge < -0.3 is 10.6 Å². The second-order valence-corrected chi connectivity index (χ2v) is 6.42. The number of anilines is 2. The third-order valence-electron chi connectivity index (χ3n) is 3.97. The van der Waals surface area contributed by atoms with Crippen molar-refractivity contribution in [3.8, 4) is 6.07 Å². The number of carbonyl (C=O) groups excluding carboxylic acids is 2. The number of rotatable bonds is 4. The molecule has 2 amide bonds. The normalized spacial score (nSPS) is 10.0. The SMILES string of the molecule is Cc1ccc(Cl)cc1NC(=O)c1ccnc(C(=O)Nc2ccc(C#N)cc2)c1. The summed E-state index contributed by atoms with van der Waals surface area (Å²) in [5.74, 6) is -0.835. The van der Waals surface area contributed by atoms with Crippen LogP contribution in [0.25, 0.3) is 0 Å². The molecule has 3 aromatic rings. The van der Waals surface area contributed by atoms with Crippen molar-refractivity contribution in [2.75, 3.05) is 10.6 Å². The van der Waals surface area contributed by atoms with Crippen molar-refractivity contribution in [3.63, 3.8) is 0 Å². The maximum absolute atomic E-state index is 12.5. The van der Waals surface area contributed by atoms with Crippen LogP contribution in [0.4, 0.5) is 11.4 Å². The van der Waals surface area contributed by atoms with Crippen molar-refractivity contribution in [2.45, 2.75) is 6.92 Å². The van der Waals surface area contributed by atoms with Gasteiger partial charge in [0.05, 0.1) is 11.6 Å². The van der Waals surface area contributed by atoms with Gasteiger partial charge in [0.2, 0.25) is 0 Å². The average Bonchev–Trinajstić information content (AvgIpc) is 2.71. The van der Waals surface area contributed by atoms with Gasteiger partial charge in [-0.15, -0.1) is 0 Å². The van der Waals surface area contributed by atoms with Crippen molar-refractivity contribution in [3.05, 3.63) is 88.2 Å². The molecule has 0 saturated heterocycles. The second kappa shape index (κ2) is 8.33. The first kappa shape index (κ1) is 19.1. The summed E-state index contributed by atoms with van der Waals surface area (Å²) in [5, 5.41) is 14.8. The van der Waals surface area contributed by atoms with Gasteiger partial charge in [0.1, 0.15) is 5.69 Å². The number of nitriles is 1. The summed E-state index contributed by atoms with van der Waals surface area (Å²) >= 11 is 5.98. The zero-order valence-electron chi connectivity index (χ0n) is 14.9. The number of pyridine rings is 1. The van der Waals surface area contributed by atoms with Gasteiger partial charge in [-0.1, -0.05) is 17.7 Å². The van der Waals surface area contributed by atoms with Gasteiger partial charge in [-0.25, -0.2) is 0 Å². The number of aryl methyl sites for hydroxylation is 1. The van der Waals surface area contributed by atoms with Gasteiger partial charge in [-0.3, -0.25) is 14.6 Å². The summed E-state index contributed by atoms with van der Waals surface area (Å²) < 4.78 is 0.